The molecule has 7 nitrogen and oxygen atoms in total. The van der Waals surface area contributed by atoms with Gasteiger partial charge in [0.05, 0.1) is 14.2 Å². The van der Waals surface area contributed by atoms with Crippen LogP contribution in [0.25, 0.3) is 0 Å². The molecule has 7 heteroatoms. The molecule has 1 aliphatic rings. The van der Waals surface area contributed by atoms with E-state index >= 15 is 0 Å². The lowest BCUT2D eigenvalue weighted by Gasteiger charge is -2.14. The summed E-state index contributed by atoms with van der Waals surface area (Å²) in [6.07, 6.45) is -1.48. The third-order valence-electron chi connectivity index (χ3n) is 2.43. The van der Waals surface area contributed by atoms with Gasteiger partial charge < -0.3 is 23.7 Å². The van der Waals surface area contributed by atoms with Crippen LogP contribution in [0.3, 0.4) is 0 Å². The lowest BCUT2D eigenvalue weighted by Crippen LogP contribution is -2.37. The summed E-state index contributed by atoms with van der Waals surface area (Å²) in [5, 5.41) is 0. The monoisotopic (exact) mass is 268 g/mol. The van der Waals surface area contributed by atoms with E-state index in [1.165, 1.54) is 6.07 Å². The van der Waals surface area contributed by atoms with Gasteiger partial charge in [-0.05, 0) is 12.1 Å². The first-order valence-electron chi connectivity index (χ1n) is 5.37. The smallest absolute Gasteiger partial charge is 0.359 e. The van der Waals surface area contributed by atoms with Gasteiger partial charge >= 0.3 is 11.9 Å². The molecular formula is C12H12O7. The third kappa shape index (κ3) is 2.70. The highest BCUT2D eigenvalue weighted by Crippen LogP contribution is 2.35. The van der Waals surface area contributed by atoms with Gasteiger partial charge in [0, 0.05) is 6.07 Å². The maximum absolute atomic E-state index is 11.4. The minimum atomic E-state index is -1.48. The Morgan fingerprint density at radius 2 is 1.74 bits per heavy atom. The van der Waals surface area contributed by atoms with Crippen molar-refractivity contribution in [3.8, 4) is 17.2 Å². The average molecular weight is 268 g/mol. The highest BCUT2D eigenvalue weighted by atomic mass is 16.7. The van der Waals surface area contributed by atoms with Crippen LogP contribution in [0.2, 0.25) is 0 Å². The number of hydrogen-bond donors (Lipinski definition) is 0. The fraction of sp³-hybridized carbons (Fsp3) is 0.333. The van der Waals surface area contributed by atoms with E-state index in [0.717, 1.165) is 14.2 Å². The molecule has 1 aliphatic heterocycles. The van der Waals surface area contributed by atoms with Crippen LogP contribution in [0, 0.1) is 0 Å². The van der Waals surface area contributed by atoms with Crippen LogP contribution in [-0.2, 0) is 19.1 Å². The Balaban J connectivity index is 2.17. The van der Waals surface area contributed by atoms with E-state index in [9.17, 15) is 9.59 Å². The first-order chi connectivity index (χ1) is 9.15. The SMILES string of the molecule is COC(=O)C(Oc1ccc2c(c1)OCO2)C(=O)OC. The zero-order valence-electron chi connectivity index (χ0n) is 10.4. The summed E-state index contributed by atoms with van der Waals surface area (Å²) in [4.78, 5) is 22.9. The number of ether oxygens (including phenoxy) is 5. The summed E-state index contributed by atoms with van der Waals surface area (Å²) in [6, 6.07) is 4.68. The second-order valence-electron chi connectivity index (χ2n) is 3.56. The van der Waals surface area contributed by atoms with Crippen LogP contribution in [0.4, 0.5) is 0 Å². The van der Waals surface area contributed by atoms with Crippen molar-refractivity contribution in [1.82, 2.24) is 0 Å². The fourth-order valence-electron chi connectivity index (χ4n) is 1.49. The van der Waals surface area contributed by atoms with Gasteiger partial charge in [-0.25, -0.2) is 9.59 Å². The topological polar surface area (TPSA) is 80.3 Å². The van der Waals surface area contributed by atoms with E-state index in [1.807, 2.05) is 0 Å². The molecule has 0 radical (unpaired) electrons. The number of hydrogen-bond acceptors (Lipinski definition) is 7. The van der Waals surface area contributed by atoms with Crippen molar-refractivity contribution in [2.45, 2.75) is 6.10 Å². The van der Waals surface area contributed by atoms with Crippen LogP contribution in [0.5, 0.6) is 17.2 Å². The van der Waals surface area contributed by atoms with Crippen LogP contribution in [0.15, 0.2) is 18.2 Å². The molecule has 0 N–H and O–H groups in total. The molecule has 0 saturated carbocycles. The van der Waals surface area contributed by atoms with Crippen molar-refractivity contribution < 1.29 is 33.3 Å². The zero-order valence-corrected chi connectivity index (χ0v) is 10.4. The van der Waals surface area contributed by atoms with Gasteiger partial charge in [-0.1, -0.05) is 0 Å². The average Bonchev–Trinajstić information content (AvgIpc) is 2.90. The Morgan fingerprint density at radius 3 is 2.37 bits per heavy atom. The number of benzene rings is 1. The second kappa shape index (κ2) is 5.47. The van der Waals surface area contributed by atoms with Crippen molar-refractivity contribution in [3.63, 3.8) is 0 Å². The first-order valence-corrected chi connectivity index (χ1v) is 5.37. The molecule has 19 heavy (non-hydrogen) atoms. The quantitative estimate of drug-likeness (QED) is 0.581. The van der Waals surface area contributed by atoms with E-state index in [0.29, 0.717) is 11.5 Å². The second-order valence-corrected chi connectivity index (χ2v) is 3.56. The van der Waals surface area contributed by atoms with E-state index in [2.05, 4.69) is 9.47 Å². The van der Waals surface area contributed by atoms with E-state index < -0.39 is 18.0 Å². The predicted octanol–water partition coefficient (Wildman–Crippen LogP) is 0.509. The Bertz CT molecular complexity index is 481. The molecule has 0 fully saturated rings. The normalized spacial score (nSPS) is 12.2. The van der Waals surface area contributed by atoms with Crippen molar-refractivity contribution >= 4 is 11.9 Å². The van der Waals surface area contributed by atoms with Crippen molar-refractivity contribution in [2.75, 3.05) is 21.0 Å². The predicted molar refractivity (Wildman–Crippen MR) is 61.0 cm³/mol. The number of carbonyl (C=O) groups is 2. The summed E-state index contributed by atoms with van der Waals surface area (Å²) < 4.78 is 24.5. The number of methoxy groups -OCH3 is 2. The summed E-state index contributed by atoms with van der Waals surface area (Å²) >= 11 is 0. The molecule has 0 unspecified atom stereocenters. The van der Waals surface area contributed by atoms with Gasteiger partial charge in [0.15, 0.2) is 11.5 Å². The Labute approximate surface area is 109 Å². The van der Waals surface area contributed by atoms with Gasteiger partial charge in [0.2, 0.25) is 6.79 Å². The maximum atomic E-state index is 11.4. The zero-order chi connectivity index (χ0) is 13.8. The standard InChI is InChI=1S/C12H12O7/c1-15-11(13)10(12(14)16-2)19-7-3-4-8-9(5-7)18-6-17-8/h3-5,10H,6H2,1-2H3. The molecule has 0 aromatic heterocycles. The number of esters is 2. The van der Waals surface area contributed by atoms with Gasteiger partial charge in [0.25, 0.3) is 6.10 Å². The molecule has 0 amide bonds. The molecule has 1 aromatic rings. The lowest BCUT2D eigenvalue weighted by atomic mass is 10.3. The molecule has 1 aromatic carbocycles. The maximum Gasteiger partial charge on any atom is 0.359 e. The number of rotatable bonds is 4. The van der Waals surface area contributed by atoms with Crippen molar-refractivity contribution in [3.05, 3.63) is 18.2 Å². The molecular weight excluding hydrogens is 256 g/mol. The van der Waals surface area contributed by atoms with Gasteiger partial charge in [0.1, 0.15) is 5.75 Å². The van der Waals surface area contributed by atoms with Crippen LogP contribution in [0.1, 0.15) is 0 Å². The third-order valence-corrected chi connectivity index (χ3v) is 2.43. The fourth-order valence-corrected chi connectivity index (χ4v) is 1.49. The minimum Gasteiger partial charge on any atom is -0.467 e. The Morgan fingerprint density at radius 1 is 1.11 bits per heavy atom. The van der Waals surface area contributed by atoms with Gasteiger partial charge in [-0.2, -0.15) is 0 Å². The van der Waals surface area contributed by atoms with Crippen LogP contribution >= 0.6 is 0 Å². The first kappa shape index (κ1) is 13.0. The molecule has 2 rings (SSSR count). The number of carbonyl (C=O) groups excluding carboxylic acids is 2. The largest absolute Gasteiger partial charge is 0.467 e. The highest BCUT2D eigenvalue weighted by molar-refractivity contribution is 5.98. The van der Waals surface area contributed by atoms with Crippen LogP contribution < -0.4 is 14.2 Å². The molecule has 0 saturated heterocycles. The molecule has 1 heterocycles. The lowest BCUT2D eigenvalue weighted by molar-refractivity contribution is -0.163. The Hall–Kier alpha value is -2.44. The van der Waals surface area contributed by atoms with E-state index in [4.69, 9.17) is 14.2 Å². The Kier molecular flexibility index (Phi) is 3.74. The van der Waals surface area contributed by atoms with Gasteiger partial charge in [-0.15, -0.1) is 0 Å². The molecule has 102 valence electrons. The van der Waals surface area contributed by atoms with Crippen molar-refractivity contribution in [1.29, 1.82) is 0 Å². The molecule has 0 spiro atoms. The molecule has 0 bridgehead atoms. The summed E-state index contributed by atoms with van der Waals surface area (Å²) in [6.45, 7) is 0.121. The van der Waals surface area contributed by atoms with E-state index in [1.54, 1.807) is 12.1 Å². The van der Waals surface area contributed by atoms with Crippen LogP contribution in [-0.4, -0.2) is 39.1 Å². The molecule has 0 aliphatic carbocycles. The summed E-state index contributed by atoms with van der Waals surface area (Å²) in [5.74, 6) is -0.370. The van der Waals surface area contributed by atoms with Gasteiger partial charge in [-0.3, -0.25) is 0 Å². The summed E-state index contributed by atoms with van der Waals surface area (Å²) in [7, 11) is 2.31. The minimum absolute atomic E-state index is 0.121. The number of fused-ring (bicyclic) bond motifs is 1. The summed E-state index contributed by atoms with van der Waals surface area (Å²) in [5.41, 5.74) is 0. The van der Waals surface area contributed by atoms with E-state index in [-0.39, 0.29) is 12.5 Å². The highest BCUT2D eigenvalue weighted by Gasteiger charge is 2.31. The van der Waals surface area contributed by atoms with Crippen molar-refractivity contribution in [2.24, 2.45) is 0 Å². The molecule has 0 atom stereocenters.